The van der Waals surface area contributed by atoms with Crippen molar-refractivity contribution in [3.63, 3.8) is 0 Å². The number of nitrogens with zero attached hydrogens (tertiary/aromatic N) is 5. The van der Waals surface area contributed by atoms with Crippen LogP contribution in [0.15, 0.2) is 33.9 Å². The van der Waals surface area contributed by atoms with Crippen molar-refractivity contribution in [1.82, 2.24) is 18.7 Å². The molecule has 1 aliphatic heterocycles. The highest BCUT2D eigenvalue weighted by molar-refractivity contribution is 5.77. The molecule has 0 fully saturated rings. The molecule has 148 valence electrons. The Morgan fingerprint density at radius 1 is 1.18 bits per heavy atom. The summed E-state index contributed by atoms with van der Waals surface area (Å²) in [7, 11) is 1.61. The standard InChI is InChI=1S/C19H22FN5O3/c1-3-28-12-11-25-17(26)15-16(22(2)19(25)27)21-18-23(9-4-10-24(15)18)14-7-5-13(20)6-8-14/h5-8H,3-4,9-12H2,1-2H3. The van der Waals surface area contributed by atoms with Crippen LogP contribution in [0.5, 0.6) is 0 Å². The summed E-state index contributed by atoms with van der Waals surface area (Å²) >= 11 is 0. The van der Waals surface area contributed by atoms with Crippen LogP contribution in [0.25, 0.3) is 11.2 Å². The zero-order chi connectivity index (χ0) is 19.8. The Hall–Kier alpha value is -2.94. The molecule has 0 unspecified atom stereocenters. The first-order chi connectivity index (χ1) is 13.5. The summed E-state index contributed by atoms with van der Waals surface area (Å²) in [6.45, 7) is 4.19. The number of rotatable bonds is 5. The number of imidazole rings is 1. The summed E-state index contributed by atoms with van der Waals surface area (Å²) in [5, 5.41) is 0. The van der Waals surface area contributed by atoms with Gasteiger partial charge in [0, 0.05) is 32.4 Å². The number of hydrogen-bond donors (Lipinski definition) is 0. The highest BCUT2D eigenvalue weighted by atomic mass is 19.1. The van der Waals surface area contributed by atoms with E-state index in [0.717, 1.165) is 12.1 Å². The number of aryl methyl sites for hydroxylation is 2. The summed E-state index contributed by atoms with van der Waals surface area (Å²) in [6.07, 6.45) is 0.803. The van der Waals surface area contributed by atoms with E-state index in [1.165, 1.54) is 21.3 Å². The van der Waals surface area contributed by atoms with Gasteiger partial charge in [-0.3, -0.25) is 13.9 Å². The Kier molecular flexibility index (Phi) is 4.76. The van der Waals surface area contributed by atoms with Crippen molar-refractivity contribution in [3.05, 3.63) is 50.9 Å². The van der Waals surface area contributed by atoms with Crippen molar-refractivity contribution in [2.24, 2.45) is 7.05 Å². The molecule has 2 aromatic heterocycles. The van der Waals surface area contributed by atoms with E-state index < -0.39 is 5.69 Å². The lowest BCUT2D eigenvalue weighted by atomic mass is 10.2. The average Bonchev–Trinajstić information content (AvgIpc) is 3.09. The maximum absolute atomic E-state index is 13.3. The third kappa shape index (κ3) is 2.91. The molecule has 28 heavy (non-hydrogen) atoms. The lowest BCUT2D eigenvalue weighted by Crippen LogP contribution is -2.40. The summed E-state index contributed by atoms with van der Waals surface area (Å²) in [4.78, 5) is 32.3. The number of ether oxygens (including phenoxy) is 1. The molecule has 0 aliphatic carbocycles. The maximum Gasteiger partial charge on any atom is 0.332 e. The van der Waals surface area contributed by atoms with Crippen molar-refractivity contribution in [1.29, 1.82) is 0 Å². The second-order valence-corrected chi connectivity index (χ2v) is 6.71. The predicted octanol–water partition coefficient (Wildman–Crippen LogP) is 1.61. The molecule has 0 atom stereocenters. The Bertz CT molecular complexity index is 1130. The molecule has 0 saturated carbocycles. The lowest BCUT2D eigenvalue weighted by molar-refractivity contribution is 0.137. The quantitative estimate of drug-likeness (QED) is 0.622. The third-order valence-electron chi connectivity index (χ3n) is 5.02. The molecule has 1 aliphatic rings. The fourth-order valence-corrected chi connectivity index (χ4v) is 3.63. The molecular formula is C19H22FN5O3. The number of fused-ring (bicyclic) bond motifs is 3. The monoisotopic (exact) mass is 387 g/mol. The Morgan fingerprint density at radius 3 is 2.64 bits per heavy atom. The number of hydrogen-bond acceptors (Lipinski definition) is 5. The van der Waals surface area contributed by atoms with E-state index in [1.807, 2.05) is 16.4 Å². The third-order valence-corrected chi connectivity index (χ3v) is 5.02. The fraction of sp³-hybridized carbons (Fsp3) is 0.421. The average molecular weight is 387 g/mol. The SMILES string of the molecule is CCOCCn1c(=O)c2c(nc3n2CCCN3c2ccc(F)cc2)n(C)c1=O. The van der Waals surface area contributed by atoms with E-state index >= 15 is 0 Å². The fourth-order valence-electron chi connectivity index (χ4n) is 3.63. The maximum atomic E-state index is 13.3. The first-order valence-corrected chi connectivity index (χ1v) is 9.34. The van der Waals surface area contributed by atoms with E-state index in [4.69, 9.17) is 4.74 Å². The van der Waals surface area contributed by atoms with E-state index in [2.05, 4.69) is 4.98 Å². The highest BCUT2D eigenvalue weighted by Crippen LogP contribution is 2.30. The van der Waals surface area contributed by atoms with Crippen LogP contribution in [0.1, 0.15) is 13.3 Å². The summed E-state index contributed by atoms with van der Waals surface area (Å²) in [5.74, 6) is 0.274. The minimum atomic E-state index is -0.416. The number of halogens is 1. The molecule has 1 aromatic carbocycles. The van der Waals surface area contributed by atoms with Crippen LogP contribution in [0, 0.1) is 5.82 Å². The molecule has 0 amide bonds. The molecular weight excluding hydrogens is 365 g/mol. The van der Waals surface area contributed by atoms with Gasteiger partial charge in [0.15, 0.2) is 11.2 Å². The molecule has 9 heteroatoms. The minimum absolute atomic E-state index is 0.192. The molecule has 0 N–H and O–H groups in total. The van der Waals surface area contributed by atoms with E-state index in [0.29, 0.717) is 43.4 Å². The normalized spacial score (nSPS) is 13.9. The van der Waals surface area contributed by atoms with Crippen molar-refractivity contribution in [2.75, 3.05) is 24.7 Å². The molecule has 0 spiro atoms. The van der Waals surface area contributed by atoms with Crippen molar-refractivity contribution in [2.45, 2.75) is 26.4 Å². The van der Waals surface area contributed by atoms with E-state index in [-0.39, 0.29) is 17.9 Å². The molecule has 0 bridgehead atoms. The van der Waals surface area contributed by atoms with Crippen LogP contribution >= 0.6 is 0 Å². The van der Waals surface area contributed by atoms with Gasteiger partial charge in [-0.1, -0.05) is 0 Å². The molecule has 4 rings (SSSR count). The first kappa shape index (κ1) is 18.4. The second-order valence-electron chi connectivity index (χ2n) is 6.71. The second kappa shape index (κ2) is 7.23. The van der Waals surface area contributed by atoms with Crippen molar-refractivity contribution >= 4 is 22.8 Å². The van der Waals surface area contributed by atoms with Gasteiger partial charge in [0.25, 0.3) is 5.56 Å². The molecule has 3 aromatic rings. The van der Waals surface area contributed by atoms with Gasteiger partial charge in [-0.2, -0.15) is 4.98 Å². The number of anilines is 2. The van der Waals surface area contributed by atoms with Crippen LogP contribution in [0.2, 0.25) is 0 Å². The summed E-state index contributed by atoms with van der Waals surface area (Å²) in [5.41, 5.74) is 0.768. The summed E-state index contributed by atoms with van der Waals surface area (Å²) < 4.78 is 23.1. The predicted molar refractivity (Wildman–Crippen MR) is 104 cm³/mol. The van der Waals surface area contributed by atoms with Gasteiger partial charge in [0.2, 0.25) is 5.95 Å². The van der Waals surface area contributed by atoms with Crippen LogP contribution in [-0.4, -0.2) is 38.4 Å². The first-order valence-electron chi connectivity index (χ1n) is 9.34. The van der Waals surface area contributed by atoms with Gasteiger partial charge < -0.3 is 14.2 Å². The molecule has 3 heterocycles. The van der Waals surface area contributed by atoms with Gasteiger partial charge in [-0.05, 0) is 37.6 Å². The highest BCUT2D eigenvalue weighted by Gasteiger charge is 2.26. The van der Waals surface area contributed by atoms with Crippen LogP contribution in [0.4, 0.5) is 16.0 Å². The lowest BCUT2D eigenvalue weighted by Gasteiger charge is -2.29. The smallest absolute Gasteiger partial charge is 0.332 e. The Morgan fingerprint density at radius 2 is 1.93 bits per heavy atom. The van der Waals surface area contributed by atoms with Gasteiger partial charge in [-0.25, -0.2) is 9.18 Å². The topological polar surface area (TPSA) is 74.3 Å². The van der Waals surface area contributed by atoms with E-state index in [1.54, 1.807) is 19.2 Å². The number of benzene rings is 1. The van der Waals surface area contributed by atoms with Crippen molar-refractivity contribution in [3.8, 4) is 0 Å². The van der Waals surface area contributed by atoms with Gasteiger partial charge in [0.1, 0.15) is 5.82 Å². The molecule has 0 radical (unpaired) electrons. The largest absolute Gasteiger partial charge is 0.380 e. The van der Waals surface area contributed by atoms with Crippen LogP contribution in [0.3, 0.4) is 0 Å². The zero-order valence-electron chi connectivity index (χ0n) is 15.9. The van der Waals surface area contributed by atoms with Crippen LogP contribution in [-0.2, 0) is 24.9 Å². The van der Waals surface area contributed by atoms with Gasteiger partial charge >= 0.3 is 5.69 Å². The minimum Gasteiger partial charge on any atom is -0.380 e. The van der Waals surface area contributed by atoms with Crippen molar-refractivity contribution < 1.29 is 9.13 Å². The van der Waals surface area contributed by atoms with E-state index in [9.17, 15) is 14.0 Å². The zero-order valence-corrected chi connectivity index (χ0v) is 15.9. The van der Waals surface area contributed by atoms with Gasteiger partial charge in [-0.15, -0.1) is 0 Å². The molecule has 0 saturated heterocycles. The number of aromatic nitrogens is 4. The van der Waals surface area contributed by atoms with Gasteiger partial charge in [0.05, 0.1) is 13.2 Å². The molecule has 8 nitrogen and oxygen atoms in total. The Labute approximate surface area is 160 Å². The van der Waals surface area contributed by atoms with Crippen LogP contribution < -0.4 is 16.1 Å². The Balaban J connectivity index is 1.88. The summed E-state index contributed by atoms with van der Waals surface area (Å²) in [6, 6.07) is 6.16.